The maximum absolute atomic E-state index is 14.2. The fourth-order valence-electron chi connectivity index (χ4n) is 3.25. The van der Waals surface area contributed by atoms with E-state index >= 15 is 0 Å². The standard InChI is InChI=1S/C21H17ClFN5O2S/c1-11-17(27-19-15(22)3-2-4-16(19)23)5-12-7-24-28(20(12)25-11)14-6-18(31-10-14)21(29)26-13-8-30-9-13/h2-7,10,13,27H,8-9H2,1H3,(H,26,29). The van der Waals surface area contributed by atoms with E-state index in [9.17, 15) is 9.18 Å². The summed E-state index contributed by atoms with van der Waals surface area (Å²) in [7, 11) is 0. The van der Waals surface area contributed by atoms with Gasteiger partial charge < -0.3 is 15.4 Å². The van der Waals surface area contributed by atoms with E-state index in [1.54, 1.807) is 29.1 Å². The minimum atomic E-state index is -0.444. The molecule has 10 heteroatoms. The van der Waals surface area contributed by atoms with Gasteiger partial charge in [-0.3, -0.25) is 4.79 Å². The summed E-state index contributed by atoms with van der Waals surface area (Å²) in [5.41, 5.74) is 2.88. The summed E-state index contributed by atoms with van der Waals surface area (Å²) in [6.07, 6.45) is 1.68. The Bertz CT molecular complexity index is 1280. The Hall–Kier alpha value is -3.01. The lowest BCUT2D eigenvalue weighted by Crippen LogP contribution is -2.48. The van der Waals surface area contributed by atoms with Gasteiger partial charge >= 0.3 is 0 Å². The second kappa shape index (κ2) is 7.92. The monoisotopic (exact) mass is 457 g/mol. The Morgan fingerprint density at radius 3 is 2.94 bits per heavy atom. The topological polar surface area (TPSA) is 81.1 Å². The number of aryl methyl sites for hydroxylation is 1. The Labute approximate surface area is 185 Å². The number of fused-ring (bicyclic) bond motifs is 1. The summed E-state index contributed by atoms with van der Waals surface area (Å²) < 4.78 is 20.9. The molecule has 158 valence electrons. The summed E-state index contributed by atoms with van der Waals surface area (Å²) in [5.74, 6) is -0.571. The molecule has 0 aliphatic carbocycles. The van der Waals surface area contributed by atoms with Gasteiger partial charge in [0, 0.05) is 10.8 Å². The first-order valence-electron chi connectivity index (χ1n) is 9.53. The van der Waals surface area contributed by atoms with Crippen LogP contribution in [0.1, 0.15) is 15.4 Å². The molecule has 0 atom stereocenters. The van der Waals surface area contributed by atoms with Crippen LogP contribution in [0.5, 0.6) is 0 Å². The number of halogens is 2. The predicted molar refractivity (Wildman–Crippen MR) is 118 cm³/mol. The smallest absolute Gasteiger partial charge is 0.261 e. The SMILES string of the molecule is Cc1nc2c(cnn2-c2csc(C(=O)NC3COC3)c2)cc1Nc1c(F)cccc1Cl. The van der Waals surface area contributed by atoms with E-state index in [1.165, 1.54) is 17.4 Å². The van der Waals surface area contributed by atoms with E-state index in [-0.39, 0.29) is 22.7 Å². The van der Waals surface area contributed by atoms with E-state index < -0.39 is 5.82 Å². The number of carbonyl (C=O) groups excluding carboxylic acids is 1. The van der Waals surface area contributed by atoms with Crippen LogP contribution in [0.2, 0.25) is 5.02 Å². The lowest BCUT2D eigenvalue weighted by Gasteiger charge is -2.26. The summed E-state index contributed by atoms with van der Waals surface area (Å²) in [5, 5.41) is 13.3. The molecule has 1 aliphatic rings. The number of pyridine rings is 1. The largest absolute Gasteiger partial charge is 0.377 e. The fourth-order valence-corrected chi connectivity index (χ4v) is 4.23. The van der Waals surface area contributed by atoms with Gasteiger partial charge in [-0.2, -0.15) is 5.10 Å². The number of ether oxygens (including phenoxy) is 1. The second-order valence-corrected chi connectivity index (χ2v) is 8.51. The van der Waals surface area contributed by atoms with Crippen LogP contribution >= 0.6 is 22.9 Å². The number of hydrogen-bond donors (Lipinski definition) is 2. The number of rotatable bonds is 5. The average Bonchev–Trinajstić information content (AvgIpc) is 3.34. The third kappa shape index (κ3) is 3.76. The van der Waals surface area contributed by atoms with Crippen LogP contribution in [0.4, 0.5) is 15.8 Å². The maximum Gasteiger partial charge on any atom is 0.261 e. The molecule has 0 saturated carbocycles. The third-order valence-electron chi connectivity index (χ3n) is 4.98. The highest BCUT2D eigenvalue weighted by molar-refractivity contribution is 7.12. The lowest BCUT2D eigenvalue weighted by atomic mass is 10.2. The number of carbonyl (C=O) groups is 1. The number of benzene rings is 1. The third-order valence-corrected chi connectivity index (χ3v) is 6.22. The number of hydrogen-bond acceptors (Lipinski definition) is 6. The van der Waals surface area contributed by atoms with Gasteiger partial charge in [-0.25, -0.2) is 14.1 Å². The van der Waals surface area contributed by atoms with E-state index in [0.29, 0.717) is 35.1 Å². The summed E-state index contributed by atoms with van der Waals surface area (Å²) >= 11 is 7.47. The van der Waals surface area contributed by atoms with Crippen LogP contribution in [0.25, 0.3) is 16.7 Å². The van der Waals surface area contributed by atoms with E-state index in [4.69, 9.17) is 16.3 Å². The highest BCUT2D eigenvalue weighted by Crippen LogP contribution is 2.31. The molecule has 1 fully saturated rings. The summed E-state index contributed by atoms with van der Waals surface area (Å²) in [4.78, 5) is 17.6. The molecule has 1 amide bonds. The van der Waals surface area contributed by atoms with Crippen molar-refractivity contribution in [3.05, 3.63) is 63.3 Å². The number of para-hydroxylation sites is 1. The molecule has 0 spiro atoms. The normalized spacial score (nSPS) is 13.9. The predicted octanol–water partition coefficient (Wildman–Crippen LogP) is 4.46. The van der Waals surface area contributed by atoms with Crippen molar-refractivity contribution in [2.24, 2.45) is 0 Å². The highest BCUT2D eigenvalue weighted by Gasteiger charge is 2.22. The van der Waals surface area contributed by atoms with Gasteiger partial charge in [0.2, 0.25) is 0 Å². The first-order chi connectivity index (χ1) is 15.0. The molecule has 0 radical (unpaired) electrons. The number of nitrogens with zero attached hydrogens (tertiary/aromatic N) is 3. The quantitative estimate of drug-likeness (QED) is 0.462. The Morgan fingerprint density at radius 2 is 2.19 bits per heavy atom. The van der Waals surface area contributed by atoms with E-state index in [0.717, 1.165) is 11.1 Å². The first kappa shape index (κ1) is 19.9. The van der Waals surface area contributed by atoms with Crippen LogP contribution in [-0.2, 0) is 4.74 Å². The zero-order chi connectivity index (χ0) is 21.5. The van der Waals surface area contributed by atoms with Gasteiger partial charge in [0.15, 0.2) is 5.65 Å². The van der Waals surface area contributed by atoms with Crippen LogP contribution < -0.4 is 10.6 Å². The zero-order valence-corrected chi connectivity index (χ0v) is 17.9. The van der Waals surface area contributed by atoms with Crippen LogP contribution in [-0.4, -0.2) is 39.9 Å². The van der Waals surface area contributed by atoms with Crippen LogP contribution in [0.3, 0.4) is 0 Å². The molecule has 0 unspecified atom stereocenters. The molecule has 1 saturated heterocycles. The summed E-state index contributed by atoms with van der Waals surface area (Å²) in [6.45, 7) is 2.91. The van der Waals surface area contributed by atoms with Gasteiger partial charge in [-0.15, -0.1) is 11.3 Å². The van der Waals surface area contributed by atoms with Crippen molar-refractivity contribution in [3.63, 3.8) is 0 Å². The molecule has 1 aliphatic heterocycles. The molecule has 2 N–H and O–H groups in total. The van der Waals surface area contributed by atoms with Crippen LogP contribution in [0, 0.1) is 12.7 Å². The number of nitrogens with one attached hydrogen (secondary N) is 2. The molecule has 0 bridgehead atoms. The lowest BCUT2D eigenvalue weighted by molar-refractivity contribution is -0.00338. The van der Waals surface area contributed by atoms with Crippen molar-refractivity contribution in [3.8, 4) is 5.69 Å². The minimum absolute atomic E-state index is 0.0711. The van der Waals surface area contributed by atoms with Gasteiger partial charge in [-0.1, -0.05) is 17.7 Å². The fraction of sp³-hybridized carbons (Fsp3) is 0.190. The van der Waals surface area contributed by atoms with Crippen molar-refractivity contribution in [2.45, 2.75) is 13.0 Å². The number of thiophene rings is 1. The van der Waals surface area contributed by atoms with Crippen molar-refractivity contribution in [2.75, 3.05) is 18.5 Å². The Kier molecular flexibility index (Phi) is 5.09. The van der Waals surface area contributed by atoms with Crippen molar-refractivity contribution in [1.82, 2.24) is 20.1 Å². The molecular weight excluding hydrogens is 441 g/mol. The highest BCUT2D eigenvalue weighted by atomic mass is 35.5. The van der Waals surface area contributed by atoms with Gasteiger partial charge in [0.25, 0.3) is 5.91 Å². The first-order valence-corrected chi connectivity index (χ1v) is 10.8. The van der Waals surface area contributed by atoms with E-state index in [1.807, 2.05) is 18.4 Å². The Balaban J connectivity index is 1.44. The van der Waals surface area contributed by atoms with Gasteiger partial charge in [-0.05, 0) is 31.2 Å². The van der Waals surface area contributed by atoms with Gasteiger partial charge in [0.05, 0.1) is 58.1 Å². The number of anilines is 2. The molecule has 1 aromatic carbocycles. The van der Waals surface area contributed by atoms with E-state index in [2.05, 4.69) is 20.7 Å². The molecule has 31 heavy (non-hydrogen) atoms. The van der Waals surface area contributed by atoms with Crippen LogP contribution in [0.15, 0.2) is 41.9 Å². The van der Waals surface area contributed by atoms with Crippen molar-refractivity contribution < 1.29 is 13.9 Å². The minimum Gasteiger partial charge on any atom is -0.377 e. The Morgan fingerprint density at radius 1 is 1.35 bits per heavy atom. The molecular formula is C21H17ClFN5O2S. The zero-order valence-electron chi connectivity index (χ0n) is 16.4. The summed E-state index contributed by atoms with van der Waals surface area (Å²) in [6, 6.07) is 8.22. The van der Waals surface area contributed by atoms with Crippen molar-refractivity contribution in [1.29, 1.82) is 0 Å². The average molecular weight is 458 g/mol. The number of aromatic nitrogens is 3. The second-order valence-electron chi connectivity index (χ2n) is 7.19. The molecule has 4 heterocycles. The molecule has 5 rings (SSSR count). The molecule has 3 aromatic heterocycles. The van der Waals surface area contributed by atoms with Gasteiger partial charge in [0.1, 0.15) is 5.82 Å². The molecule has 7 nitrogen and oxygen atoms in total. The maximum atomic E-state index is 14.2. The number of amides is 1. The van der Waals surface area contributed by atoms with Crippen molar-refractivity contribution >= 4 is 51.3 Å². The molecule has 4 aromatic rings.